The molecule has 182 valence electrons. The van der Waals surface area contributed by atoms with E-state index in [0.717, 1.165) is 56.8 Å². The number of likely N-dealkylation sites (tertiary alicyclic amines) is 1. The van der Waals surface area contributed by atoms with E-state index in [1.54, 1.807) is 0 Å². The van der Waals surface area contributed by atoms with Gasteiger partial charge in [-0.3, -0.25) is 4.90 Å². The van der Waals surface area contributed by atoms with Crippen LogP contribution in [0.2, 0.25) is 0 Å². The average Bonchev–Trinajstić information content (AvgIpc) is 3.19. The second-order valence-electron chi connectivity index (χ2n) is 9.93. The minimum atomic E-state index is 0.541. The molecular weight excluding hydrogens is 428 g/mol. The fraction of sp³-hybridized carbons (Fsp3) is 0.355. The van der Waals surface area contributed by atoms with Gasteiger partial charge in [0.1, 0.15) is 0 Å². The summed E-state index contributed by atoms with van der Waals surface area (Å²) < 4.78 is 2.39. The quantitative estimate of drug-likeness (QED) is 0.288. The normalized spacial score (nSPS) is 15.1. The van der Waals surface area contributed by atoms with Gasteiger partial charge in [-0.1, -0.05) is 49.4 Å². The summed E-state index contributed by atoms with van der Waals surface area (Å²) in [5.41, 5.74) is 8.83. The van der Waals surface area contributed by atoms with Crippen LogP contribution in [0.3, 0.4) is 0 Å². The maximum absolute atomic E-state index is 4.35. The highest BCUT2D eigenvalue weighted by atomic mass is 15.2. The molecule has 0 spiro atoms. The second kappa shape index (κ2) is 10.2. The zero-order chi connectivity index (χ0) is 24.4. The average molecular weight is 467 g/mol. The van der Waals surface area contributed by atoms with Crippen molar-refractivity contribution in [3.05, 3.63) is 84.1 Å². The predicted octanol–water partition coefficient (Wildman–Crippen LogP) is 7.19. The fourth-order valence-corrected chi connectivity index (χ4v) is 5.60. The zero-order valence-corrected chi connectivity index (χ0v) is 21.4. The van der Waals surface area contributed by atoms with Crippen LogP contribution in [0.5, 0.6) is 0 Å². The molecule has 3 aromatic carbocycles. The molecule has 2 N–H and O–H groups in total. The molecule has 0 amide bonds. The van der Waals surface area contributed by atoms with Gasteiger partial charge in [-0.2, -0.15) is 0 Å². The molecule has 1 aliphatic rings. The van der Waals surface area contributed by atoms with Gasteiger partial charge < -0.3 is 15.2 Å². The third kappa shape index (κ3) is 4.94. The number of aryl methyl sites for hydroxylation is 3. The van der Waals surface area contributed by atoms with E-state index in [-0.39, 0.29) is 0 Å². The Hall–Kier alpha value is -3.24. The molecule has 1 saturated heterocycles. The number of hydrogen-bond acceptors (Lipinski definition) is 3. The van der Waals surface area contributed by atoms with Crippen LogP contribution < -0.4 is 10.6 Å². The van der Waals surface area contributed by atoms with Gasteiger partial charge in [-0.25, -0.2) is 0 Å². The second-order valence-corrected chi connectivity index (χ2v) is 9.93. The number of anilines is 2. The number of rotatable bonds is 8. The van der Waals surface area contributed by atoms with Crippen LogP contribution in [-0.2, 0) is 13.0 Å². The van der Waals surface area contributed by atoms with E-state index >= 15 is 0 Å². The summed E-state index contributed by atoms with van der Waals surface area (Å²) in [6.07, 6.45) is 3.39. The van der Waals surface area contributed by atoms with Crippen molar-refractivity contribution in [3.63, 3.8) is 0 Å². The van der Waals surface area contributed by atoms with Gasteiger partial charge >= 0.3 is 0 Å². The highest BCUT2D eigenvalue weighted by Gasteiger charge is 2.20. The van der Waals surface area contributed by atoms with Crippen LogP contribution in [0, 0.1) is 6.92 Å². The van der Waals surface area contributed by atoms with Gasteiger partial charge in [0.05, 0.1) is 0 Å². The highest BCUT2D eigenvalue weighted by molar-refractivity contribution is 6.09. The Labute approximate surface area is 209 Å². The van der Waals surface area contributed by atoms with E-state index in [1.807, 2.05) is 0 Å². The topological polar surface area (TPSA) is 32.2 Å². The standard InChI is InChI=1S/C31H38N4/c1-5-24-19-22(3)11-13-29(24)33-25-15-17-34(18-16-25)21-23(4)32-26-12-14-31-28(20-26)27-9-7-8-10-30(27)35(31)6-2/h7-14,19-20,25,32-33H,4-6,15-18,21H2,1-3H3. The molecule has 0 aliphatic carbocycles. The lowest BCUT2D eigenvalue weighted by Gasteiger charge is -2.33. The monoisotopic (exact) mass is 466 g/mol. The minimum Gasteiger partial charge on any atom is -0.382 e. The summed E-state index contributed by atoms with van der Waals surface area (Å²) >= 11 is 0. The van der Waals surface area contributed by atoms with Crippen molar-refractivity contribution in [3.8, 4) is 0 Å². The van der Waals surface area contributed by atoms with Gasteiger partial charge in [0.2, 0.25) is 0 Å². The van der Waals surface area contributed by atoms with E-state index in [4.69, 9.17) is 0 Å². The van der Waals surface area contributed by atoms with Crippen LogP contribution in [-0.4, -0.2) is 35.1 Å². The first kappa shape index (κ1) is 23.5. The molecule has 4 aromatic rings. The van der Waals surface area contributed by atoms with Crippen molar-refractivity contribution in [1.82, 2.24) is 9.47 Å². The SMILES string of the molecule is C=C(CN1CCC(Nc2ccc(C)cc2CC)CC1)Nc1ccc2c(c1)c1ccccc1n2CC. The van der Waals surface area contributed by atoms with E-state index in [1.165, 1.54) is 38.6 Å². The molecule has 1 fully saturated rings. The summed E-state index contributed by atoms with van der Waals surface area (Å²) in [6.45, 7) is 15.0. The van der Waals surface area contributed by atoms with Gasteiger partial charge in [0, 0.05) is 71.1 Å². The van der Waals surface area contributed by atoms with E-state index in [9.17, 15) is 0 Å². The van der Waals surface area contributed by atoms with E-state index < -0.39 is 0 Å². The first-order chi connectivity index (χ1) is 17.1. The molecular formula is C31H38N4. The number of para-hydroxylation sites is 1. The van der Waals surface area contributed by atoms with Crippen molar-refractivity contribution in [2.24, 2.45) is 0 Å². The Morgan fingerprint density at radius 3 is 2.49 bits per heavy atom. The first-order valence-electron chi connectivity index (χ1n) is 13.1. The molecule has 0 radical (unpaired) electrons. The molecule has 0 bridgehead atoms. The lowest BCUT2D eigenvalue weighted by Crippen LogP contribution is -2.40. The lowest BCUT2D eigenvalue weighted by atomic mass is 10.0. The lowest BCUT2D eigenvalue weighted by molar-refractivity contribution is 0.236. The number of piperidine rings is 1. The minimum absolute atomic E-state index is 0.541. The third-order valence-electron chi connectivity index (χ3n) is 7.41. The number of fused-ring (bicyclic) bond motifs is 3. The predicted molar refractivity (Wildman–Crippen MR) is 152 cm³/mol. The summed E-state index contributed by atoms with van der Waals surface area (Å²) in [5, 5.41) is 10.0. The summed E-state index contributed by atoms with van der Waals surface area (Å²) in [6, 6.07) is 22.7. The Balaban J connectivity index is 1.19. The van der Waals surface area contributed by atoms with Crippen LogP contribution in [0.1, 0.15) is 37.8 Å². The molecule has 5 rings (SSSR count). The maximum atomic E-state index is 4.35. The van der Waals surface area contributed by atoms with Gasteiger partial charge in [-0.05, 0) is 69.0 Å². The molecule has 0 saturated carbocycles. The number of hydrogen-bond donors (Lipinski definition) is 2. The zero-order valence-electron chi connectivity index (χ0n) is 21.4. The first-order valence-corrected chi connectivity index (χ1v) is 13.1. The summed E-state index contributed by atoms with van der Waals surface area (Å²) in [4.78, 5) is 2.52. The van der Waals surface area contributed by atoms with Crippen LogP contribution >= 0.6 is 0 Å². The molecule has 1 aliphatic heterocycles. The Morgan fingerprint density at radius 2 is 1.71 bits per heavy atom. The molecule has 4 nitrogen and oxygen atoms in total. The molecule has 35 heavy (non-hydrogen) atoms. The summed E-state index contributed by atoms with van der Waals surface area (Å²) in [5.74, 6) is 0. The van der Waals surface area contributed by atoms with Crippen molar-refractivity contribution < 1.29 is 0 Å². The fourth-order valence-electron chi connectivity index (χ4n) is 5.60. The smallest absolute Gasteiger partial charge is 0.0492 e. The van der Waals surface area contributed by atoms with Gasteiger partial charge in [-0.15, -0.1) is 0 Å². The number of aromatic nitrogens is 1. The molecule has 0 unspecified atom stereocenters. The third-order valence-corrected chi connectivity index (χ3v) is 7.41. The number of nitrogens with zero attached hydrogens (tertiary/aromatic N) is 2. The Bertz CT molecular complexity index is 1340. The molecule has 0 atom stereocenters. The Kier molecular flexibility index (Phi) is 6.83. The van der Waals surface area contributed by atoms with Gasteiger partial charge in [0.25, 0.3) is 0 Å². The highest BCUT2D eigenvalue weighted by Crippen LogP contribution is 2.31. The van der Waals surface area contributed by atoms with Gasteiger partial charge in [0.15, 0.2) is 0 Å². The number of benzene rings is 3. The molecule has 2 heterocycles. The molecule has 1 aromatic heterocycles. The Morgan fingerprint density at radius 1 is 0.943 bits per heavy atom. The maximum Gasteiger partial charge on any atom is 0.0492 e. The van der Waals surface area contributed by atoms with E-state index in [0.29, 0.717) is 6.04 Å². The summed E-state index contributed by atoms with van der Waals surface area (Å²) in [7, 11) is 0. The largest absolute Gasteiger partial charge is 0.382 e. The number of nitrogens with one attached hydrogen (secondary N) is 2. The molecule has 4 heteroatoms. The van der Waals surface area contributed by atoms with Crippen molar-refractivity contribution in [1.29, 1.82) is 0 Å². The van der Waals surface area contributed by atoms with E-state index in [2.05, 4.69) is 108 Å². The van der Waals surface area contributed by atoms with Crippen LogP contribution in [0.4, 0.5) is 11.4 Å². The van der Waals surface area contributed by atoms with Crippen molar-refractivity contribution in [2.75, 3.05) is 30.3 Å². The van der Waals surface area contributed by atoms with Crippen molar-refractivity contribution in [2.45, 2.75) is 52.6 Å². The van der Waals surface area contributed by atoms with Crippen LogP contribution in [0.15, 0.2) is 72.9 Å². The van der Waals surface area contributed by atoms with Crippen LogP contribution in [0.25, 0.3) is 21.8 Å². The van der Waals surface area contributed by atoms with Crippen molar-refractivity contribution >= 4 is 33.2 Å².